The van der Waals surface area contributed by atoms with E-state index in [9.17, 15) is 0 Å². The molecule has 3 nitrogen and oxygen atoms in total. The predicted molar refractivity (Wildman–Crippen MR) is 112 cm³/mol. The zero-order chi connectivity index (χ0) is 18.8. The van der Waals surface area contributed by atoms with Crippen molar-refractivity contribution < 1.29 is 4.39 Å². The Hall–Kier alpha value is -1.72. The van der Waals surface area contributed by atoms with Gasteiger partial charge in [-0.2, -0.15) is 0 Å². The Labute approximate surface area is 165 Å². The van der Waals surface area contributed by atoms with Crippen LogP contribution < -0.4 is 4.90 Å². The highest BCUT2D eigenvalue weighted by molar-refractivity contribution is 7.12. The van der Waals surface area contributed by atoms with E-state index in [1.54, 1.807) is 17.4 Å². The summed E-state index contributed by atoms with van der Waals surface area (Å²) in [5.74, 6) is -0.110. The molecule has 1 aromatic heterocycles. The highest BCUT2D eigenvalue weighted by Crippen LogP contribution is 2.32. The Balaban J connectivity index is 1.48. The van der Waals surface area contributed by atoms with Gasteiger partial charge in [0.25, 0.3) is 0 Å². The molecular formula is C22H28FN3S. The van der Waals surface area contributed by atoms with E-state index in [-0.39, 0.29) is 5.82 Å². The Kier molecular flexibility index (Phi) is 5.60. The first-order valence-corrected chi connectivity index (χ1v) is 10.9. The number of benzene rings is 1. The molecule has 27 heavy (non-hydrogen) atoms. The van der Waals surface area contributed by atoms with Crippen LogP contribution in [-0.2, 0) is 12.8 Å². The molecule has 0 amide bonds. The van der Waals surface area contributed by atoms with Crippen molar-refractivity contribution in [3.63, 3.8) is 0 Å². The van der Waals surface area contributed by atoms with Crippen molar-refractivity contribution in [1.29, 1.82) is 5.41 Å². The van der Waals surface area contributed by atoms with Crippen LogP contribution in [0.2, 0.25) is 0 Å². The third kappa shape index (κ3) is 4.09. The number of thiophene rings is 1. The average Bonchev–Trinajstić information content (AvgIpc) is 3.31. The number of likely N-dealkylation sites (tertiary alicyclic amines) is 1. The number of nitrogens with zero attached hydrogens (tertiary/aromatic N) is 2. The molecule has 2 aliphatic rings. The molecule has 1 aromatic carbocycles. The average molecular weight is 386 g/mol. The maximum absolute atomic E-state index is 15.0. The number of hydrogen-bond acceptors (Lipinski definition) is 4. The zero-order valence-corrected chi connectivity index (χ0v) is 16.8. The fourth-order valence-corrected chi connectivity index (χ4v) is 5.23. The molecule has 1 saturated heterocycles. The van der Waals surface area contributed by atoms with Crippen LogP contribution in [0.3, 0.4) is 0 Å². The molecule has 1 fully saturated rings. The van der Waals surface area contributed by atoms with Crippen LogP contribution in [0.5, 0.6) is 0 Å². The lowest BCUT2D eigenvalue weighted by Gasteiger charge is -2.33. The minimum absolute atomic E-state index is 0.110. The second kappa shape index (κ2) is 8.11. The zero-order valence-electron chi connectivity index (χ0n) is 16.0. The Bertz CT molecular complexity index is 802. The molecule has 144 valence electrons. The van der Waals surface area contributed by atoms with E-state index < -0.39 is 0 Å². The molecule has 0 saturated carbocycles. The Morgan fingerprint density at radius 3 is 2.93 bits per heavy atom. The summed E-state index contributed by atoms with van der Waals surface area (Å²) < 4.78 is 15.0. The minimum Gasteiger partial charge on any atom is -0.369 e. The van der Waals surface area contributed by atoms with Crippen molar-refractivity contribution in [2.24, 2.45) is 0 Å². The maximum Gasteiger partial charge on any atom is 0.147 e. The summed E-state index contributed by atoms with van der Waals surface area (Å²) in [6.07, 6.45) is 6.18. The lowest BCUT2D eigenvalue weighted by atomic mass is 9.96. The van der Waals surface area contributed by atoms with Crippen LogP contribution in [-0.4, -0.2) is 43.3 Å². The van der Waals surface area contributed by atoms with Gasteiger partial charge in [-0.1, -0.05) is 12.1 Å². The number of fused-ring (bicyclic) bond motifs is 1. The van der Waals surface area contributed by atoms with Crippen molar-refractivity contribution in [2.75, 3.05) is 31.6 Å². The highest BCUT2D eigenvalue weighted by atomic mass is 32.1. The normalized spacial score (nSPS) is 20.1. The molecule has 0 radical (unpaired) electrons. The first kappa shape index (κ1) is 18.6. The quantitative estimate of drug-likeness (QED) is 0.729. The fraction of sp³-hybridized carbons (Fsp3) is 0.500. The Morgan fingerprint density at radius 2 is 2.19 bits per heavy atom. The summed E-state index contributed by atoms with van der Waals surface area (Å²) in [4.78, 5) is 5.67. The third-order valence-electron chi connectivity index (χ3n) is 6.00. The number of nitrogens with one attached hydrogen (secondary N) is 1. The molecule has 5 heteroatoms. The van der Waals surface area contributed by atoms with Gasteiger partial charge in [0.1, 0.15) is 5.82 Å². The molecular weight excluding hydrogens is 357 g/mol. The number of rotatable bonds is 6. The van der Waals surface area contributed by atoms with Gasteiger partial charge in [0.2, 0.25) is 0 Å². The van der Waals surface area contributed by atoms with E-state index in [4.69, 9.17) is 5.41 Å². The molecule has 1 unspecified atom stereocenters. The smallest absolute Gasteiger partial charge is 0.147 e. The van der Waals surface area contributed by atoms with Crippen LogP contribution in [0.4, 0.5) is 10.1 Å². The van der Waals surface area contributed by atoms with E-state index in [0.29, 0.717) is 18.2 Å². The maximum atomic E-state index is 15.0. The van der Waals surface area contributed by atoms with Crippen LogP contribution >= 0.6 is 11.3 Å². The topological polar surface area (TPSA) is 30.3 Å². The summed E-state index contributed by atoms with van der Waals surface area (Å²) in [7, 11) is 2.21. The summed E-state index contributed by atoms with van der Waals surface area (Å²) in [5.41, 5.74) is 3.42. The van der Waals surface area contributed by atoms with E-state index in [1.165, 1.54) is 19.4 Å². The summed E-state index contributed by atoms with van der Waals surface area (Å²) in [5, 5.41) is 10.3. The fourth-order valence-electron chi connectivity index (χ4n) is 4.55. The number of aryl methyl sites for hydroxylation is 1. The third-order valence-corrected chi connectivity index (χ3v) is 6.93. The second-order valence-electron chi connectivity index (χ2n) is 7.87. The standard InChI is InChI=1S/C22H28FN3S/c1-25-9-3-6-18(25)8-11-26-10-2-5-17-13-16(14-19(23)22(17)26)15-20(24)21-7-4-12-27-21/h4,7,12-14,18,24H,2-3,5-6,8-11,15H2,1H3. The van der Waals surface area contributed by atoms with Gasteiger partial charge in [-0.15, -0.1) is 11.3 Å². The molecule has 1 N–H and O–H groups in total. The van der Waals surface area contributed by atoms with Crippen LogP contribution in [0.15, 0.2) is 29.6 Å². The number of hydrogen-bond donors (Lipinski definition) is 1. The summed E-state index contributed by atoms with van der Waals surface area (Å²) in [6.45, 7) is 3.07. The molecule has 1 atom stereocenters. The molecule has 2 aromatic rings. The Morgan fingerprint density at radius 1 is 1.30 bits per heavy atom. The molecule has 0 spiro atoms. The van der Waals surface area contributed by atoms with Crippen molar-refractivity contribution in [3.05, 3.63) is 51.5 Å². The van der Waals surface area contributed by atoms with Crippen LogP contribution in [0, 0.1) is 11.2 Å². The first-order valence-electron chi connectivity index (χ1n) is 9.99. The van der Waals surface area contributed by atoms with Crippen molar-refractivity contribution in [3.8, 4) is 0 Å². The summed E-state index contributed by atoms with van der Waals surface area (Å²) in [6, 6.07) is 8.35. The van der Waals surface area contributed by atoms with Gasteiger partial charge in [0.05, 0.1) is 11.4 Å². The van der Waals surface area contributed by atoms with E-state index in [0.717, 1.165) is 54.0 Å². The van der Waals surface area contributed by atoms with Crippen LogP contribution in [0.1, 0.15) is 41.7 Å². The van der Waals surface area contributed by atoms with Crippen molar-refractivity contribution in [2.45, 2.75) is 44.6 Å². The number of halogens is 1. The minimum atomic E-state index is -0.110. The van der Waals surface area contributed by atoms with Gasteiger partial charge in [-0.3, -0.25) is 0 Å². The van der Waals surface area contributed by atoms with Crippen LogP contribution in [0.25, 0.3) is 0 Å². The predicted octanol–water partition coefficient (Wildman–Crippen LogP) is 4.73. The molecule has 0 aliphatic carbocycles. The van der Waals surface area contributed by atoms with Gasteiger partial charge in [0.15, 0.2) is 0 Å². The lowest BCUT2D eigenvalue weighted by molar-refractivity contribution is 0.297. The first-order chi connectivity index (χ1) is 13.1. The molecule has 2 aliphatic heterocycles. The molecule has 3 heterocycles. The summed E-state index contributed by atoms with van der Waals surface area (Å²) >= 11 is 1.57. The molecule has 4 rings (SSSR count). The van der Waals surface area contributed by atoms with Gasteiger partial charge in [-0.05, 0) is 74.3 Å². The van der Waals surface area contributed by atoms with E-state index in [1.807, 2.05) is 17.5 Å². The lowest BCUT2D eigenvalue weighted by Crippen LogP contribution is -2.35. The van der Waals surface area contributed by atoms with Crippen molar-refractivity contribution in [1.82, 2.24) is 4.90 Å². The van der Waals surface area contributed by atoms with Crippen molar-refractivity contribution >= 4 is 22.7 Å². The van der Waals surface area contributed by atoms with E-state index >= 15 is 4.39 Å². The van der Waals surface area contributed by atoms with Gasteiger partial charge in [-0.25, -0.2) is 4.39 Å². The molecule has 0 bridgehead atoms. The number of anilines is 1. The monoisotopic (exact) mass is 385 g/mol. The van der Waals surface area contributed by atoms with Gasteiger partial charge < -0.3 is 15.2 Å². The largest absolute Gasteiger partial charge is 0.369 e. The van der Waals surface area contributed by atoms with Gasteiger partial charge >= 0.3 is 0 Å². The highest BCUT2D eigenvalue weighted by Gasteiger charge is 2.25. The SMILES string of the molecule is CN1CCCC1CCN1CCCc2cc(CC(=N)c3cccs3)cc(F)c21. The van der Waals surface area contributed by atoms with Gasteiger partial charge in [0, 0.05) is 30.4 Å². The second-order valence-corrected chi connectivity index (χ2v) is 8.82. The van der Waals surface area contributed by atoms with E-state index in [2.05, 4.69) is 22.9 Å².